The number of hydrogen-bond donors (Lipinski definition) is 1. The smallest absolute Gasteiger partial charge is 0.334 e. The molecule has 0 amide bonds. The van der Waals surface area contributed by atoms with Crippen molar-refractivity contribution in [2.75, 3.05) is 13.2 Å². The van der Waals surface area contributed by atoms with Crippen LogP contribution in [0.15, 0.2) is 12.2 Å². The molecule has 0 aromatic rings. The van der Waals surface area contributed by atoms with E-state index in [2.05, 4.69) is 18.8 Å². The van der Waals surface area contributed by atoms with E-state index in [4.69, 9.17) is 4.74 Å². The topological polar surface area (TPSA) is 38.3 Å². The van der Waals surface area contributed by atoms with Gasteiger partial charge in [-0.1, -0.05) is 26.3 Å². The quantitative estimate of drug-likeness (QED) is 0.576. The van der Waals surface area contributed by atoms with Gasteiger partial charge in [-0.25, -0.2) is 4.79 Å². The van der Waals surface area contributed by atoms with Gasteiger partial charge in [0.1, 0.15) is 0 Å². The number of hydrogen-bond acceptors (Lipinski definition) is 3. The fraction of sp³-hybridized carbons (Fsp3) is 0.769. The highest BCUT2D eigenvalue weighted by Gasteiger charge is 2.21. The van der Waals surface area contributed by atoms with Crippen molar-refractivity contribution in [3.8, 4) is 0 Å². The van der Waals surface area contributed by atoms with Crippen LogP contribution in [-0.4, -0.2) is 25.2 Å². The van der Waals surface area contributed by atoms with Gasteiger partial charge in [-0.05, 0) is 25.7 Å². The van der Waals surface area contributed by atoms with E-state index in [-0.39, 0.29) is 5.97 Å². The normalized spacial score (nSPS) is 25.1. The molecule has 92 valence electrons. The first-order chi connectivity index (χ1) is 7.65. The molecule has 0 radical (unpaired) electrons. The lowest BCUT2D eigenvalue weighted by molar-refractivity contribution is -0.138. The Balaban J connectivity index is 2.27. The van der Waals surface area contributed by atoms with E-state index in [0.29, 0.717) is 30.7 Å². The van der Waals surface area contributed by atoms with Crippen molar-refractivity contribution in [1.82, 2.24) is 5.32 Å². The Morgan fingerprint density at radius 3 is 2.75 bits per heavy atom. The first-order valence-corrected chi connectivity index (χ1v) is 6.23. The van der Waals surface area contributed by atoms with Gasteiger partial charge in [0.25, 0.3) is 0 Å². The highest BCUT2D eigenvalue weighted by atomic mass is 16.5. The molecule has 1 aliphatic carbocycles. The third-order valence-corrected chi connectivity index (χ3v) is 3.25. The molecule has 1 aliphatic rings. The first kappa shape index (κ1) is 13.2. The molecule has 0 aliphatic heterocycles. The SMILES string of the molecule is C=C(CNC1CCCCC1C)C(=O)OCC. The van der Waals surface area contributed by atoms with Gasteiger partial charge >= 0.3 is 5.97 Å². The van der Waals surface area contributed by atoms with Crippen molar-refractivity contribution in [3.05, 3.63) is 12.2 Å². The number of ether oxygens (including phenoxy) is 1. The molecule has 0 aromatic carbocycles. The lowest BCUT2D eigenvalue weighted by Crippen LogP contribution is -2.39. The predicted molar refractivity (Wildman–Crippen MR) is 65.2 cm³/mol. The summed E-state index contributed by atoms with van der Waals surface area (Å²) in [6, 6.07) is 0.528. The van der Waals surface area contributed by atoms with Gasteiger partial charge in [-0.2, -0.15) is 0 Å². The minimum Gasteiger partial charge on any atom is -0.463 e. The largest absolute Gasteiger partial charge is 0.463 e. The van der Waals surface area contributed by atoms with Crippen LogP contribution in [0.25, 0.3) is 0 Å². The van der Waals surface area contributed by atoms with Crippen molar-refractivity contribution in [3.63, 3.8) is 0 Å². The number of nitrogens with one attached hydrogen (secondary N) is 1. The maximum absolute atomic E-state index is 11.3. The average Bonchev–Trinajstić information content (AvgIpc) is 2.28. The summed E-state index contributed by atoms with van der Waals surface area (Å²) in [5.41, 5.74) is 0.527. The zero-order valence-corrected chi connectivity index (χ0v) is 10.4. The zero-order chi connectivity index (χ0) is 12.0. The fourth-order valence-electron chi connectivity index (χ4n) is 2.18. The van der Waals surface area contributed by atoms with Crippen LogP contribution in [0, 0.1) is 5.92 Å². The number of esters is 1. The average molecular weight is 225 g/mol. The molecule has 1 saturated carbocycles. The second kappa shape index (κ2) is 6.69. The monoisotopic (exact) mass is 225 g/mol. The summed E-state index contributed by atoms with van der Waals surface area (Å²) in [6.45, 7) is 8.78. The third-order valence-electron chi connectivity index (χ3n) is 3.25. The van der Waals surface area contributed by atoms with Gasteiger partial charge < -0.3 is 10.1 Å². The molecule has 0 spiro atoms. The van der Waals surface area contributed by atoms with Crippen LogP contribution >= 0.6 is 0 Å². The maximum atomic E-state index is 11.3. The fourth-order valence-corrected chi connectivity index (χ4v) is 2.18. The molecule has 3 nitrogen and oxygen atoms in total. The molecule has 2 atom stereocenters. The Morgan fingerprint density at radius 1 is 1.44 bits per heavy atom. The Morgan fingerprint density at radius 2 is 2.12 bits per heavy atom. The Kier molecular flexibility index (Phi) is 5.53. The zero-order valence-electron chi connectivity index (χ0n) is 10.4. The van der Waals surface area contributed by atoms with Crippen LogP contribution in [0.4, 0.5) is 0 Å². The number of carbonyl (C=O) groups excluding carboxylic acids is 1. The summed E-state index contributed by atoms with van der Waals surface area (Å²) < 4.78 is 4.89. The molecule has 0 heterocycles. The summed E-state index contributed by atoms with van der Waals surface area (Å²) in [5, 5.41) is 3.41. The molecule has 0 saturated heterocycles. The summed E-state index contributed by atoms with van der Waals surface area (Å²) in [6.07, 6.45) is 5.10. The van der Waals surface area contributed by atoms with Gasteiger partial charge in [0.05, 0.1) is 6.61 Å². The van der Waals surface area contributed by atoms with Crippen molar-refractivity contribution in [2.24, 2.45) is 5.92 Å². The standard InChI is InChI=1S/C13H23NO2/c1-4-16-13(15)11(3)9-14-12-8-6-5-7-10(12)2/h10,12,14H,3-9H2,1-2H3. The Labute approximate surface area is 98.2 Å². The van der Waals surface area contributed by atoms with Crippen molar-refractivity contribution >= 4 is 5.97 Å². The molecule has 1 fully saturated rings. The van der Waals surface area contributed by atoms with E-state index in [9.17, 15) is 4.79 Å². The van der Waals surface area contributed by atoms with Crippen molar-refractivity contribution < 1.29 is 9.53 Å². The second-order valence-electron chi connectivity index (χ2n) is 4.57. The summed E-state index contributed by atoms with van der Waals surface area (Å²) in [5.74, 6) is 0.419. The number of carbonyl (C=O) groups is 1. The lowest BCUT2D eigenvalue weighted by Gasteiger charge is -2.29. The van der Waals surface area contributed by atoms with Crippen molar-refractivity contribution in [1.29, 1.82) is 0 Å². The van der Waals surface area contributed by atoms with Crippen LogP contribution in [0.3, 0.4) is 0 Å². The van der Waals surface area contributed by atoms with Crippen LogP contribution < -0.4 is 5.32 Å². The highest BCUT2D eigenvalue weighted by Crippen LogP contribution is 2.23. The van der Waals surface area contributed by atoms with Crippen LogP contribution in [0.1, 0.15) is 39.5 Å². The minimum absolute atomic E-state index is 0.279. The van der Waals surface area contributed by atoms with Gasteiger partial charge in [-0.15, -0.1) is 0 Å². The summed E-state index contributed by atoms with van der Waals surface area (Å²) in [4.78, 5) is 11.3. The van der Waals surface area contributed by atoms with E-state index in [1.54, 1.807) is 0 Å². The molecule has 2 unspecified atom stereocenters. The van der Waals surface area contributed by atoms with Crippen molar-refractivity contribution in [2.45, 2.75) is 45.6 Å². The van der Waals surface area contributed by atoms with E-state index in [1.165, 1.54) is 25.7 Å². The van der Waals surface area contributed by atoms with E-state index in [0.717, 1.165) is 0 Å². The van der Waals surface area contributed by atoms with Gasteiger partial charge in [-0.3, -0.25) is 0 Å². The van der Waals surface area contributed by atoms with E-state index >= 15 is 0 Å². The summed E-state index contributed by atoms with van der Waals surface area (Å²) >= 11 is 0. The van der Waals surface area contributed by atoms with Crippen LogP contribution in [-0.2, 0) is 9.53 Å². The molecule has 0 aromatic heterocycles. The maximum Gasteiger partial charge on any atom is 0.334 e. The van der Waals surface area contributed by atoms with Crippen LogP contribution in [0.5, 0.6) is 0 Å². The molecule has 16 heavy (non-hydrogen) atoms. The number of rotatable bonds is 5. The highest BCUT2D eigenvalue weighted by molar-refractivity contribution is 5.88. The van der Waals surface area contributed by atoms with Gasteiger partial charge in [0.15, 0.2) is 0 Å². The lowest BCUT2D eigenvalue weighted by atomic mass is 9.86. The molecule has 0 bridgehead atoms. The second-order valence-corrected chi connectivity index (χ2v) is 4.57. The van der Waals surface area contributed by atoms with Crippen LogP contribution in [0.2, 0.25) is 0 Å². The predicted octanol–water partition coefficient (Wildman–Crippen LogP) is 2.27. The molecular weight excluding hydrogens is 202 g/mol. The Bertz CT molecular complexity index is 250. The van der Waals surface area contributed by atoms with E-state index in [1.807, 2.05) is 6.92 Å². The molecule has 1 rings (SSSR count). The third kappa shape index (κ3) is 3.97. The first-order valence-electron chi connectivity index (χ1n) is 6.23. The van der Waals surface area contributed by atoms with Gasteiger partial charge in [0.2, 0.25) is 0 Å². The van der Waals surface area contributed by atoms with E-state index < -0.39 is 0 Å². The van der Waals surface area contributed by atoms with Gasteiger partial charge in [0, 0.05) is 18.2 Å². The minimum atomic E-state index is -0.279. The Hall–Kier alpha value is -0.830. The molecule has 3 heteroatoms. The summed E-state index contributed by atoms with van der Waals surface area (Å²) in [7, 11) is 0. The molecular formula is C13H23NO2. The molecule has 1 N–H and O–H groups in total.